The molecule has 3 aliphatic rings. The van der Waals surface area contributed by atoms with Gasteiger partial charge in [-0.15, -0.1) is 0 Å². The van der Waals surface area contributed by atoms with Crippen LogP contribution in [0.1, 0.15) is 47.8 Å². The second kappa shape index (κ2) is 5.99. The standard InChI is InChI=1S/C19H24N4O2/c1-12-7-15-16(10-21-18(15)24)22-17(12)23-5-3-14(4-6-23)25-11-19(2)8-13(19)9-20/h7,13-14H,3-6,8,10-11H2,1-2H3,(H,21,24)/t13-,19-/m1/s1. The number of carbonyl (C=O) groups excluding carboxylic acids is 1. The number of aromatic nitrogens is 1. The third-order valence-electron chi connectivity index (χ3n) is 5.82. The van der Waals surface area contributed by atoms with E-state index in [0.29, 0.717) is 18.7 Å². The molecule has 3 heterocycles. The van der Waals surface area contributed by atoms with Gasteiger partial charge in [-0.3, -0.25) is 4.79 Å². The number of rotatable bonds is 4. The van der Waals surface area contributed by atoms with Crippen molar-refractivity contribution in [1.29, 1.82) is 5.26 Å². The SMILES string of the molecule is Cc1cc2c(nc1N1CCC(OC[C@@]3(C)C[C@@H]3C#N)CC1)CNC2=O. The third-order valence-corrected chi connectivity index (χ3v) is 5.82. The van der Waals surface area contributed by atoms with Crippen molar-refractivity contribution in [2.24, 2.45) is 11.3 Å². The molecule has 0 radical (unpaired) electrons. The van der Waals surface area contributed by atoms with Crippen LogP contribution in [0.15, 0.2) is 6.07 Å². The Balaban J connectivity index is 1.35. The number of hydrogen-bond donors (Lipinski definition) is 1. The van der Waals surface area contributed by atoms with Gasteiger partial charge >= 0.3 is 0 Å². The Morgan fingerprint density at radius 3 is 2.92 bits per heavy atom. The summed E-state index contributed by atoms with van der Waals surface area (Å²) < 4.78 is 6.09. The average molecular weight is 340 g/mol. The number of nitrogens with one attached hydrogen (secondary N) is 1. The molecular weight excluding hydrogens is 316 g/mol. The van der Waals surface area contributed by atoms with E-state index in [1.807, 2.05) is 13.0 Å². The molecule has 0 spiro atoms. The number of anilines is 1. The van der Waals surface area contributed by atoms with Crippen molar-refractivity contribution in [3.05, 3.63) is 22.9 Å². The summed E-state index contributed by atoms with van der Waals surface area (Å²) in [5.41, 5.74) is 2.69. The molecule has 2 aliphatic heterocycles. The summed E-state index contributed by atoms with van der Waals surface area (Å²) in [4.78, 5) is 18.8. The minimum Gasteiger partial charge on any atom is -0.377 e. The average Bonchev–Trinajstić information content (AvgIpc) is 3.16. The van der Waals surface area contributed by atoms with Crippen molar-refractivity contribution < 1.29 is 9.53 Å². The Morgan fingerprint density at radius 2 is 2.24 bits per heavy atom. The Labute approximate surface area is 148 Å². The van der Waals surface area contributed by atoms with Crippen molar-refractivity contribution in [2.45, 2.75) is 45.8 Å². The van der Waals surface area contributed by atoms with Crippen molar-refractivity contribution in [3.63, 3.8) is 0 Å². The molecule has 1 amide bonds. The molecular formula is C19H24N4O2. The maximum absolute atomic E-state index is 11.7. The molecule has 2 fully saturated rings. The monoisotopic (exact) mass is 340 g/mol. The maximum atomic E-state index is 11.7. The van der Waals surface area contributed by atoms with Crippen LogP contribution in [0, 0.1) is 29.6 Å². The van der Waals surface area contributed by atoms with Gasteiger partial charge in [0, 0.05) is 18.5 Å². The van der Waals surface area contributed by atoms with E-state index >= 15 is 0 Å². The van der Waals surface area contributed by atoms with Crippen LogP contribution >= 0.6 is 0 Å². The van der Waals surface area contributed by atoms with Crippen LogP contribution in [0.3, 0.4) is 0 Å². The van der Waals surface area contributed by atoms with E-state index < -0.39 is 0 Å². The number of ether oxygens (including phenoxy) is 1. The van der Waals surface area contributed by atoms with E-state index in [9.17, 15) is 4.79 Å². The highest BCUT2D eigenvalue weighted by molar-refractivity contribution is 5.98. The Morgan fingerprint density at radius 1 is 1.48 bits per heavy atom. The van der Waals surface area contributed by atoms with Gasteiger partial charge < -0.3 is 15.0 Å². The lowest BCUT2D eigenvalue weighted by Gasteiger charge is -2.34. The summed E-state index contributed by atoms with van der Waals surface area (Å²) >= 11 is 0. The van der Waals surface area contributed by atoms with Crippen LogP contribution in [-0.4, -0.2) is 36.7 Å². The van der Waals surface area contributed by atoms with E-state index in [1.54, 1.807) is 0 Å². The van der Waals surface area contributed by atoms with E-state index in [2.05, 4.69) is 23.2 Å². The van der Waals surface area contributed by atoms with Gasteiger partial charge in [0.1, 0.15) is 5.82 Å². The smallest absolute Gasteiger partial charge is 0.253 e. The molecule has 1 N–H and O–H groups in total. The predicted molar refractivity (Wildman–Crippen MR) is 93.2 cm³/mol. The zero-order chi connectivity index (χ0) is 17.6. The van der Waals surface area contributed by atoms with Gasteiger partial charge in [0.05, 0.1) is 42.5 Å². The molecule has 6 heteroatoms. The summed E-state index contributed by atoms with van der Waals surface area (Å²) in [6, 6.07) is 4.31. The molecule has 1 saturated carbocycles. The first-order chi connectivity index (χ1) is 12.0. The number of nitrogens with zero attached hydrogens (tertiary/aromatic N) is 3. The van der Waals surface area contributed by atoms with Gasteiger partial charge in [0.15, 0.2) is 0 Å². The summed E-state index contributed by atoms with van der Waals surface area (Å²) in [6.07, 6.45) is 3.18. The van der Waals surface area contributed by atoms with Crippen LogP contribution in [0.4, 0.5) is 5.82 Å². The third kappa shape index (κ3) is 2.98. The number of hydrogen-bond acceptors (Lipinski definition) is 5. The Bertz CT molecular complexity index is 749. The van der Waals surface area contributed by atoms with Crippen molar-refractivity contribution in [2.75, 3.05) is 24.6 Å². The number of piperidine rings is 1. The minimum atomic E-state index is -0.0199. The minimum absolute atomic E-state index is 0.0199. The molecule has 1 saturated heterocycles. The van der Waals surface area contributed by atoms with Gasteiger partial charge in [-0.2, -0.15) is 5.26 Å². The first-order valence-corrected chi connectivity index (χ1v) is 9.05. The molecule has 0 unspecified atom stereocenters. The molecule has 132 valence electrons. The molecule has 2 atom stereocenters. The second-order valence-electron chi connectivity index (χ2n) is 7.84. The van der Waals surface area contributed by atoms with E-state index in [1.165, 1.54) is 0 Å². The van der Waals surface area contributed by atoms with Crippen molar-refractivity contribution in [3.8, 4) is 6.07 Å². The van der Waals surface area contributed by atoms with Crippen molar-refractivity contribution in [1.82, 2.24) is 10.3 Å². The van der Waals surface area contributed by atoms with Crippen LogP contribution in [0.2, 0.25) is 0 Å². The Kier molecular flexibility index (Phi) is 3.92. The van der Waals surface area contributed by atoms with Gasteiger partial charge in [-0.25, -0.2) is 4.98 Å². The normalized spacial score (nSPS) is 28.4. The number of carbonyl (C=O) groups is 1. The fourth-order valence-electron chi connectivity index (χ4n) is 3.86. The molecule has 25 heavy (non-hydrogen) atoms. The molecule has 1 aromatic rings. The number of pyridine rings is 1. The van der Waals surface area contributed by atoms with Crippen molar-refractivity contribution >= 4 is 11.7 Å². The topological polar surface area (TPSA) is 78.2 Å². The number of nitriles is 1. The van der Waals surface area contributed by atoms with Gasteiger partial charge in [0.25, 0.3) is 5.91 Å². The predicted octanol–water partition coefficient (Wildman–Crippen LogP) is 2.17. The van der Waals surface area contributed by atoms with Crippen LogP contribution < -0.4 is 10.2 Å². The highest BCUT2D eigenvalue weighted by atomic mass is 16.5. The molecule has 1 aromatic heterocycles. The van der Waals surface area contributed by atoms with Gasteiger partial charge in [-0.1, -0.05) is 6.92 Å². The maximum Gasteiger partial charge on any atom is 0.253 e. The summed E-state index contributed by atoms with van der Waals surface area (Å²) in [7, 11) is 0. The zero-order valence-electron chi connectivity index (χ0n) is 14.8. The highest BCUT2D eigenvalue weighted by Crippen LogP contribution is 2.52. The lowest BCUT2D eigenvalue weighted by atomic mass is 10.0. The number of aryl methyl sites for hydroxylation is 1. The fourth-order valence-corrected chi connectivity index (χ4v) is 3.86. The quantitative estimate of drug-likeness (QED) is 0.909. The first kappa shape index (κ1) is 16.3. The van der Waals surface area contributed by atoms with E-state index in [0.717, 1.165) is 49.4 Å². The molecule has 4 rings (SSSR count). The number of amides is 1. The number of fused-ring (bicyclic) bond motifs is 1. The van der Waals surface area contributed by atoms with Crippen LogP contribution in [0.25, 0.3) is 0 Å². The second-order valence-corrected chi connectivity index (χ2v) is 7.84. The van der Waals surface area contributed by atoms with Crippen LogP contribution in [0.5, 0.6) is 0 Å². The van der Waals surface area contributed by atoms with Crippen LogP contribution in [-0.2, 0) is 11.3 Å². The lowest BCUT2D eigenvalue weighted by Crippen LogP contribution is -2.38. The van der Waals surface area contributed by atoms with E-state index in [4.69, 9.17) is 15.0 Å². The molecule has 0 aromatic carbocycles. The summed E-state index contributed by atoms with van der Waals surface area (Å²) in [5, 5.41) is 11.8. The Hall–Kier alpha value is -2.13. The lowest BCUT2D eigenvalue weighted by molar-refractivity contribution is 0.0107. The van der Waals surface area contributed by atoms with E-state index in [-0.39, 0.29) is 23.3 Å². The summed E-state index contributed by atoms with van der Waals surface area (Å²) in [6.45, 7) is 7.21. The molecule has 6 nitrogen and oxygen atoms in total. The molecule has 1 aliphatic carbocycles. The first-order valence-electron chi connectivity index (χ1n) is 9.05. The zero-order valence-corrected chi connectivity index (χ0v) is 14.8. The summed E-state index contributed by atoms with van der Waals surface area (Å²) in [5.74, 6) is 1.14. The van der Waals surface area contributed by atoms with Gasteiger partial charge in [0.2, 0.25) is 0 Å². The van der Waals surface area contributed by atoms with Gasteiger partial charge in [-0.05, 0) is 37.8 Å². The highest BCUT2D eigenvalue weighted by Gasteiger charge is 2.51. The largest absolute Gasteiger partial charge is 0.377 e. The fraction of sp³-hybridized carbons (Fsp3) is 0.632. The molecule has 0 bridgehead atoms.